The Kier molecular flexibility index (Phi) is 7.49. The van der Waals surface area contributed by atoms with E-state index in [1.807, 2.05) is 47.4 Å². The molecule has 0 bridgehead atoms. The Bertz CT molecular complexity index is 683. The van der Waals surface area contributed by atoms with Crippen LogP contribution < -0.4 is 10.5 Å². The molecule has 26 heavy (non-hydrogen) atoms. The van der Waals surface area contributed by atoms with Gasteiger partial charge < -0.3 is 15.4 Å². The lowest BCUT2D eigenvalue weighted by atomic mass is 10.0. The second kappa shape index (κ2) is 9.60. The Morgan fingerprint density at radius 3 is 2.35 bits per heavy atom. The van der Waals surface area contributed by atoms with Gasteiger partial charge in [-0.2, -0.15) is 0 Å². The van der Waals surface area contributed by atoms with Crippen molar-refractivity contribution in [3.05, 3.63) is 65.7 Å². The molecule has 1 aliphatic heterocycles. The molecule has 2 aromatic carbocycles. The van der Waals surface area contributed by atoms with Crippen molar-refractivity contribution in [3.8, 4) is 5.75 Å². The van der Waals surface area contributed by atoms with Crippen LogP contribution in [0.15, 0.2) is 54.6 Å². The van der Waals surface area contributed by atoms with Crippen LogP contribution in [0.4, 0.5) is 0 Å². The van der Waals surface area contributed by atoms with Crippen LogP contribution in [0.2, 0.25) is 0 Å². The van der Waals surface area contributed by atoms with Gasteiger partial charge in [0.25, 0.3) is 0 Å². The molecule has 4 nitrogen and oxygen atoms in total. The molecular formula is C21H27ClN2O2. The first-order chi connectivity index (χ1) is 12.1. The van der Waals surface area contributed by atoms with Crippen molar-refractivity contribution in [1.29, 1.82) is 0 Å². The van der Waals surface area contributed by atoms with E-state index in [-0.39, 0.29) is 24.4 Å². The number of piperidine rings is 1. The minimum atomic E-state index is -0.475. The molecule has 1 atom stereocenters. The van der Waals surface area contributed by atoms with Crippen LogP contribution in [0.3, 0.4) is 0 Å². The number of likely N-dealkylation sites (tertiary alicyclic amines) is 1. The summed E-state index contributed by atoms with van der Waals surface area (Å²) in [4.78, 5) is 14.4. The van der Waals surface area contributed by atoms with Crippen LogP contribution in [-0.2, 0) is 11.2 Å². The molecule has 0 aromatic heterocycles. The Morgan fingerprint density at radius 2 is 1.73 bits per heavy atom. The van der Waals surface area contributed by atoms with Gasteiger partial charge in [-0.1, -0.05) is 48.0 Å². The minimum Gasteiger partial charge on any atom is -0.490 e. The van der Waals surface area contributed by atoms with E-state index < -0.39 is 6.04 Å². The Balaban J connectivity index is 0.00000243. The number of benzene rings is 2. The van der Waals surface area contributed by atoms with E-state index in [9.17, 15) is 4.79 Å². The Hall–Kier alpha value is -2.04. The van der Waals surface area contributed by atoms with Gasteiger partial charge in [0.15, 0.2) is 0 Å². The van der Waals surface area contributed by atoms with E-state index in [1.54, 1.807) is 0 Å². The highest BCUT2D eigenvalue weighted by molar-refractivity contribution is 5.85. The number of ether oxygens (including phenoxy) is 1. The van der Waals surface area contributed by atoms with Crippen LogP contribution in [0, 0.1) is 6.92 Å². The van der Waals surface area contributed by atoms with Crippen molar-refractivity contribution < 1.29 is 9.53 Å². The zero-order chi connectivity index (χ0) is 17.6. The molecule has 0 aliphatic carbocycles. The Labute approximate surface area is 161 Å². The first-order valence-corrected chi connectivity index (χ1v) is 8.93. The highest BCUT2D eigenvalue weighted by Crippen LogP contribution is 2.20. The normalized spacial score (nSPS) is 15.8. The van der Waals surface area contributed by atoms with Crippen molar-refractivity contribution in [1.82, 2.24) is 4.90 Å². The van der Waals surface area contributed by atoms with Gasteiger partial charge in [0.05, 0.1) is 6.04 Å². The summed E-state index contributed by atoms with van der Waals surface area (Å²) in [6, 6.07) is 17.6. The van der Waals surface area contributed by atoms with Gasteiger partial charge in [-0.15, -0.1) is 12.4 Å². The predicted octanol–water partition coefficient (Wildman–Crippen LogP) is 3.36. The maximum absolute atomic E-state index is 12.6. The summed E-state index contributed by atoms with van der Waals surface area (Å²) in [5.74, 6) is 0.939. The number of carbonyl (C=O) groups is 1. The fourth-order valence-electron chi connectivity index (χ4n) is 3.19. The maximum atomic E-state index is 12.6. The zero-order valence-electron chi connectivity index (χ0n) is 15.1. The second-order valence-corrected chi connectivity index (χ2v) is 6.75. The van der Waals surface area contributed by atoms with E-state index >= 15 is 0 Å². The second-order valence-electron chi connectivity index (χ2n) is 6.75. The summed E-state index contributed by atoms with van der Waals surface area (Å²) in [5.41, 5.74) is 8.45. The molecule has 2 N–H and O–H groups in total. The summed E-state index contributed by atoms with van der Waals surface area (Å²) in [5, 5.41) is 0. The molecular weight excluding hydrogens is 348 g/mol. The molecule has 1 aliphatic rings. The first-order valence-electron chi connectivity index (χ1n) is 8.93. The minimum absolute atomic E-state index is 0. The van der Waals surface area contributed by atoms with Crippen molar-refractivity contribution in [2.24, 2.45) is 5.73 Å². The third-order valence-electron chi connectivity index (χ3n) is 4.69. The van der Waals surface area contributed by atoms with Gasteiger partial charge >= 0.3 is 0 Å². The predicted molar refractivity (Wildman–Crippen MR) is 107 cm³/mol. The smallest absolute Gasteiger partial charge is 0.239 e. The van der Waals surface area contributed by atoms with Gasteiger partial charge in [-0.3, -0.25) is 4.79 Å². The van der Waals surface area contributed by atoms with Crippen LogP contribution >= 0.6 is 12.4 Å². The van der Waals surface area contributed by atoms with Gasteiger partial charge in [-0.05, 0) is 31.0 Å². The molecule has 1 saturated heterocycles. The molecule has 3 rings (SSSR count). The van der Waals surface area contributed by atoms with Crippen molar-refractivity contribution in [3.63, 3.8) is 0 Å². The van der Waals surface area contributed by atoms with Crippen molar-refractivity contribution >= 4 is 18.3 Å². The first kappa shape index (κ1) is 20.3. The molecule has 2 aromatic rings. The topological polar surface area (TPSA) is 55.6 Å². The maximum Gasteiger partial charge on any atom is 0.239 e. The molecule has 0 spiro atoms. The van der Waals surface area contributed by atoms with E-state index in [4.69, 9.17) is 10.5 Å². The number of nitrogens with zero attached hydrogens (tertiary/aromatic N) is 1. The fourth-order valence-corrected chi connectivity index (χ4v) is 3.19. The molecule has 1 heterocycles. The standard InChI is InChI=1S/C21H26N2O2.ClH/c1-16-7-9-18(10-8-16)25-19-11-13-23(14-12-19)21(24)20(22)15-17-5-3-2-4-6-17;/h2-10,19-20H,11-15,22H2,1H3;1H/t20-;/m0./s1. The molecule has 1 amide bonds. The summed E-state index contributed by atoms with van der Waals surface area (Å²) in [6.45, 7) is 3.47. The number of rotatable bonds is 5. The number of nitrogens with two attached hydrogens (primary N) is 1. The largest absolute Gasteiger partial charge is 0.490 e. The molecule has 0 saturated carbocycles. The molecule has 1 fully saturated rings. The van der Waals surface area contributed by atoms with Crippen LogP contribution in [0.1, 0.15) is 24.0 Å². The number of aryl methyl sites for hydroxylation is 1. The number of amides is 1. The van der Waals surface area contributed by atoms with Crippen molar-refractivity contribution in [2.45, 2.75) is 38.3 Å². The van der Waals surface area contributed by atoms with Crippen LogP contribution in [-0.4, -0.2) is 36.0 Å². The molecule has 140 valence electrons. The average molecular weight is 375 g/mol. The quantitative estimate of drug-likeness (QED) is 0.873. The number of halogens is 1. The highest BCUT2D eigenvalue weighted by atomic mass is 35.5. The number of hydrogen-bond donors (Lipinski definition) is 1. The van der Waals surface area contributed by atoms with E-state index in [0.29, 0.717) is 19.5 Å². The van der Waals surface area contributed by atoms with Gasteiger partial charge in [0.2, 0.25) is 5.91 Å². The molecule has 0 radical (unpaired) electrons. The van der Waals surface area contributed by atoms with Crippen LogP contribution in [0.25, 0.3) is 0 Å². The van der Waals surface area contributed by atoms with E-state index in [0.717, 1.165) is 24.2 Å². The summed E-state index contributed by atoms with van der Waals surface area (Å²) >= 11 is 0. The average Bonchev–Trinajstić information content (AvgIpc) is 2.64. The molecule has 5 heteroatoms. The third-order valence-corrected chi connectivity index (χ3v) is 4.69. The lowest BCUT2D eigenvalue weighted by Crippen LogP contribution is -2.49. The SMILES string of the molecule is Cc1ccc(OC2CCN(C(=O)[C@@H](N)Cc3ccccc3)CC2)cc1.Cl. The highest BCUT2D eigenvalue weighted by Gasteiger charge is 2.27. The van der Waals surface area contributed by atoms with Gasteiger partial charge in [0.1, 0.15) is 11.9 Å². The number of hydrogen-bond acceptors (Lipinski definition) is 3. The Morgan fingerprint density at radius 1 is 1.12 bits per heavy atom. The zero-order valence-corrected chi connectivity index (χ0v) is 16.0. The summed E-state index contributed by atoms with van der Waals surface area (Å²) < 4.78 is 6.03. The van der Waals surface area contributed by atoms with Crippen LogP contribution in [0.5, 0.6) is 5.75 Å². The lowest BCUT2D eigenvalue weighted by Gasteiger charge is -2.33. The fraction of sp³-hybridized carbons (Fsp3) is 0.381. The van der Waals surface area contributed by atoms with E-state index in [1.165, 1.54) is 5.56 Å². The third kappa shape index (κ3) is 5.48. The lowest BCUT2D eigenvalue weighted by molar-refractivity contribution is -0.134. The van der Waals surface area contributed by atoms with Gasteiger partial charge in [-0.25, -0.2) is 0 Å². The van der Waals surface area contributed by atoms with Gasteiger partial charge in [0, 0.05) is 25.9 Å². The van der Waals surface area contributed by atoms with Crippen molar-refractivity contribution in [2.75, 3.05) is 13.1 Å². The summed E-state index contributed by atoms with van der Waals surface area (Å²) in [6.07, 6.45) is 2.44. The number of carbonyl (C=O) groups excluding carboxylic acids is 1. The summed E-state index contributed by atoms with van der Waals surface area (Å²) in [7, 11) is 0. The molecule has 0 unspecified atom stereocenters. The van der Waals surface area contributed by atoms with E-state index in [2.05, 4.69) is 19.1 Å². The monoisotopic (exact) mass is 374 g/mol.